The molecule has 0 radical (unpaired) electrons. The summed E-state index contributed by atoms with van der Waals surface area (Å²) in [5.41, 5.74) is 2.14. The van der Waals surface area contributed by atoms with Crippen molar-refractivity contribution < 1.29 is 24.2 Å². The topological polar surface area (TPSA) is 105 Å². The predicted octanol–water partition coefficient (Wildman–Crippen LogP) is 2.81. The first kappa shape index (κ1) is 22.6. The number of carboxylic acids is 1. The van der Waals surface area contributed by atoms with Crippen LogP contribution in [-0.4, -0.2) is 35.5 Å². The van der Waals surface area contributed by atoms with Crippen molar-refractivity contribution in [1.82, 2.24) is 10.6 Å². The molecule has 0 spiro atoms. The summed E-state index contributed by atoms with van der Waals surface area (Å²) in [7, 11) is 0. The van der Waals surface area contributed by atoms with Gasteiger partial charge < -0.3 is 20.5 Å². The summed E-state index contributed by atoms with van der Waals surface area (Å²) in [4.78, 5) is 35.9. The quantitative estimate of drug-likeness (QED) is 0.457. The zero-order valence-electron chi connectivity index (χ0n) is 17.4. The molecule has 7 heteroatoms. The number of hydrogen-bond acceptors (Lipinski definition) is 4. The largest absolute Gasteiger partial charge is 0.489 e. The number of aliphatic carboxylic acids is 1. The Morgan fingerprint density at radius 2 is 1.50 bits per heavy atom. The van der Waals surface area contributed by atoms with Gasteiger partial charge in [0.25, 0.3) is 5.91 Å². The Labute approximate surface area is 186 Å². The van der Waals surface area contributed by atoms with Crippen LogP contribution in [-0.2, 0) is 22.6 Å². The Kier molecular flexibility index (Phi) is 7.97. The van der Waals surface area contributed by atoms with Gasteiger partial charge in [0.05, 0.1) is 6.54 Å². The Bertz CT molecular complexity index is 1050. The monoisotopic (exact) mass is 432 g/mol. The van der Waals surface area contributed by atoms with Gasteiger partial charge in [-0.05, 0) is 35.4 Å². The minimum Gasteiger partial charge on any atom is -0.489 e. The normalized spacial score (nSPS) is 11.2. The number of carboxylic acid groups (broad SMARTS) is 1. The van der Waals surface area contributed by atoms with Crippen molar-refractivity contribution in [2.24, 2.45) is 0 Å². The highest BCUT2D eigenvalue weighted by atomic mass is 16.5. The van der Waals surface area contributed by atoms with Gasteiger partial charge in [0.15, 0.2) is 0 Å². The molecule has 3 rings (SSSR count). The Balaban J connectivity index is 1.53. The van der Waals surface area contributed by atoms with Crippen LogP contribution in [0, 0.1) is 0 Å². The molecule has 164 valence electrons. The Hall–Kier alpha value is -4.13. The maximum absolute atomic E-state index is 12.2. The third-order valence-electron chi connectivity index (χ3n) is 4.67. The number of hydrogen-bond donors (Lipinski definition) is 3. The maximum atomic E-state index is 12.2. The molecule has 3 N–H and O–H groups in total. The fourth-order valence-electron chi connectivity index (χ4n) is 3.04. The molecule has 3 aromatic rings. The second-order valence-corrected chi connectivity index (χ2v) is 7.13. The van der Waals surface area contributed by atoms with E-state index in [0.29, 0.717) is 23.5 Å². The summed E-state index contributed by atoms with van der Waals surface area (Å²) >= 11 is 0. The summed E-state index contributed by atoms with van der Waals surface area (Å²) in [6.07, 6.45) is 0.0796. The van der Waals surface area contributed by atoms with Crippen LogP contribution in [0.5, 0.6) is 5.75 Å². The van der Waals surface area contributed by atoms with Crippen molar-refractivity contribution in [1.29, 1.82) is 0 Å². The zero-order valence-corrected chi connectivity index (χ0v) is 17.4. The fourth-order valence-corrected chi connectivity index (χ4v) is 3.04. The molecule has 0 aliphatic heterocycles. The number of carbonyl (C=O) groups excluding carboxylic acids is 2. The minimum atomic E-state index is -1.16. The summed E-state index contributed by atoms with van der Waals surface area (Å²) < 4.78 is 5.78. The smallest absolute Gasteiger partial charge is 0.326 e. The van der Waals surface area contributed by atoms with Crippen molar-refractivity contribution in [2.75, 3.05) is 6.54 Å². The van der Waals surface area contributed by atoms with Crippen LogP contribution in [0.1, 0.15) is 21.5 Å². The standard InChI is InChI=1S/C25H24N2O5/c28-23(16-26-24(29)20-11-5-2-6-12-20)27-22(25(30)31)15-19-10-7-13-21(14-19)32-17-18-8-3-1-4-9-18/h1-14,22H,15-17H2,(H,26,29)(H,27,28)(H,30,31)/t22-/m1/s1. The van der Waals surface area contributed by atoms with Crippen LogP contribution in [0.25, 0.3) is 0 Å². The molecular weight excluding hydrogens is 408 g/mol. The molecule has 0 saturated carbocycles. The van der Waals surface area contributed by atoms with E-state index in [1.807, 2.05) is 30.3 Å². The first-order valence-corrected chi connectivity index (χ1v) is 10.1. The molecular formula is C25H24N2O5. The van der Waals surface area contributed by atoms with E-state index >= 15 is 0 Å². The average molecular weight is 432 g/mol. The SMILES string of the molecule is O=C(CNC(=O)c1ccccc1)N[C@H](Cc1cccc(OCc2ccccc2)c1)C(=O)O. The van der Waals surface area contributed by atoms with Crippen LogP contribution in [0.3, 0.4) is 0 Å². The van der Waals surface area contributed by atoms with Crippen molar-refractivity contribution in [3.05, 3.63) is 102 Å². The highest BCUT2D eigenvalue weighted by Crippen LogP contribution is 2.16. The van der Waals surface area contributed by atoms with Crippen LogP contribution >= 0.6 is 0 Å². The van der Waals surface area contributed by atoms with Gasteiger partial charge in [0.2, 0.25) is 5.91 Å². The molecule has 32 heavy (non-hydrogen) atoms. The van der Waals surface area contributed by atoms with Crippen LogP contribution in [0.2, 0.25) is 0 Å². The molecule has 7 nitrogen and oxygen atoms in total. The first-order chi connectivity index (χ1) is 15.5. The molecule has 3 aromatic carbocycles. The van der Waals surface area contributed by atoms with Gasteiger partial charge >= 0.3 is 5.97 Å². The molecule has 0 aromatic heterocycles. The van der Waals surface area contributed by atoms with E-state index in [2.05, 4.69) is 10.6 Å². The minimum absolute atomic E-state index is 0.0796. The van der Waals surface area contributed by atoms with E-state index in [1.54, 1.807) is 54.6 Å². The second kappa shape index (κ2) is 11.3. The number of carbonyl (C=O) groups is 3. The van der Waals surface area contributed by atoms with Gasteiger partial charge in [-0.25, -0.2) is 4.79 Å². The van der Waals surface area contributed by atoms with Crippen molar-refractivity contribution in [2.45, 2.75) is 19.1 Å². The molecule has 1 atom stereocenters. The lowest BCUT2D eigenvalue weighted by atomic mass is 10.1. The molecule has 0 unspecified atom stereocenters. The van der Waals surface area contributed by atoms with E-state index in [-0.39, 0.29) is 13.0 Å². The van der Waals surface area contributed by atoms with Crippen LogP contribution in [0.4, 0.5) is 0 Å². The number of rotatable bonds is 10. The number of nitrogens with one attached hydrogen (secondary N) is 2. The lowest BCUT2D eigenvalue weighted by molar-refractivity contribution is -0.141. The average Bonchev–Trinajstić information content (AvgIpc) is 2.82. The van der Waals surface area contributed by atoms with Gasteiger partial charge in [-0.1, -0.05) is 60.7 Å². The van der Waals surface area contributed by atoms with Crippen LogP contribution in [0.15, 0.2) is 84.9 Å². The fraction of sp³-hybridized carbons (Fsp3) is 0.160. The Morgan fingerprint density at radius 3 is 2.19 bits per heavy atom. The summed E-state index contributed by atoms with van der Waals surface area (Å²) in [5, 5.41) is 14.5. The van der Waals surface area contributed by atoms with Gasteiger partial charge in [0, 0.05) is 12.0 Å². The highest BCUT2D eigenvalue weighted by molar-refractivity contribution is 5.96. The zero-order chi connectivity index (χ0) is 22.8. The van der Waals surface area contributed by atoms with Crippen LogP contribution < -0.4 is 15.4 Å². The molecule has 0 fully saturated rings. The predicted molar refractivity (Wildman–Crippen MR) is 119 cm³/mol. The number of amides is 2. The van der Waals surface area contributed by atoms with E-state index in [9.17, 15) is 19.5 Å². The van der Waals surface area contributed by atoms with Gasteiger partial charge in [-0.15, -0.1) is 0 Å². The van der Waals surface area contributed by atoms with Crippen molar-refractivity contribution in [3.8, 4) is 5.75 Å². The molecule has 0 aliphatic rings. The van der Waals surface area contributed by atoms with Gasteiger partial charge in [-0.3, -0.25) is 9.59 Å². The first-order valence-electron chi connectivity index (χ1n) is 10.1. The van der Waals surface area contributed by atoms with Gasteiger partial charge in [-0.2, -0.15) is 0 Å². The van der Waals surface area contributed by atoms with E-state index in [0.717, 1.165) is 5.56 Å². The summed E-state index contributed by atoms with van der Waals surface area (Å²) in [5.74, 6) is -1.55. The van der Waals surface area contributed by atoms with Gasteiger partial charge in [0.1, 0.15) is 18.4 Å². The van der Waals surface area contributed by atoms with Crippen molar-refractivity contribution in [3.63, 3.8) is 0 Å². The number of benzene rings is 3. The summed E-state index contributed by atoms with van der Waals surface area (Å²) in [6.45, 7) is 0.0717. The Morgan fingerprint density at radius 1 is 0.844 bits per heavy atom. The highest BCUT2D eigenvalue weighted by Gasteiger charge is 2.21. The molecule has 0 saturated heterocycles. The third kappa shape index (κ3) is 6.98. The lowest BCUT2D eigenvalue weighted by Crippen LogP contribution is -2.46. The summed E-state index contributed by atoms with van der Waals surface area (Å²) in [6, 6.07) is 24.1. The molecule has 0 heterocycles. The molecule has 2 amide bonds. The molecule has 0 bridgehead atoms. The lowest BCUT2D eigenvalue weighted by Gasteiger charge is -2.16. The number of ether oxygens (including phenoxy) is 1. The van der Waals surface area contributed by atoms with E-state index in [4.69, 9.17) is 4.74 Å². The molecule has 0 aliphatic carbocycles. The third-order valence-corrected chi connectivity index (χ3v) is 4.67. The van der Waals surface area contributed by atoms with E-state index in [1.165, 1.54) is 0 Å². The maximum Gasteiger partial charge on any atom is 0.326 e. The van der Waals surface area contributed by atoms with E-state index < -0.39 is 23.8 Å². The second-order valence-electron chi connectivity index (χ2n) is 7.13. The van der Waals surface area contributed by atoms with Crippen molar-refractivity contribution >= 4 is 17.8 Å².